The largest absolute Gasteiger partial charge is 0.435 e. The van der Waals surface area contributed by atoms with Gasteiger partial charge in [0.25, 0.3) is 5.91 Å². The average Bonchev–Trinajstić information content (AvgIpc) is 2.99. The second kappa shape index (κ2) is 6.39. The standard InChI is InChI=1S/C17H13F3N4O/c1-11-4-2-3-5-14(11)24-15(17(18,19)20)13(10-22-24)23-16(25)12-6-8-21-9-7-12/h2-10H,1H3,(H,23,25). The molecule has 0 spiro atoms. The Kier molecular flexibility index (Phi) is 4.26. The molecular weight excluding hydrogens is 333 g/mol. The summed E-state index contributed by atoms with van der Waals surface area (Å²) in [6.45, 7) is 1.69. The first-order valence-electron chi connectivity index (χ1n) is 7.30. The number of alkyl halides is 3. The van der Waals surface area contributed by atoms with E-state index < -0.39 is 23.5 Å². The van der Waals surface area contributed by atoms with Gasteiger partial charge in [-0.2, -0.15) is 18.3 Å². The molecule has 8 heteroatoms. The number of pyridine rings is 1. The smallest absolute Gasteiger partial charge is 0.319 e. The topological polar surface area (TPSA) is 59.8 Å². The van der Waals surface area contributed by atoms with Crippen LogP contribution >= 0.6 is 0 Å². The summed E-state index contributed by atoms with van der Waals surface area (Å²) in [5.41, 5.74) is -0.323. The summed E-state index contributed by atoms with van der Waals surface area (Å²) >= 11 is 0. The zero-order valence-corrected chi connectivity index (χ0v) is 13.1. The highest BCUT2D eigenvalue weighted by atomic mass is 19.4. The molecule has 25 heavy (non-hydrogen) atoms. The van der Waals surface area contributed by atoms with Crippen molar-refractivity contribution in [2.75, 3.05) is 5.32 Å². The summed E-state index contributed by atoms with van der Waals surface area (Å²) in [5, 5.41) is 6.10. The van der Waals surface area contributed by atoms with E-state index in [0.29, 0.717) is 11.3 Å². The van der Waals surface area contributed by atoms with Crippen molar-refractivity contribution in [1.82, 2.24) is 14.8 Å². The van der Waals surface area contributed by atoms with Crippen molar-refractivity contribution in [2.24, 2.45) is 0 Å². The number of carbonyl (C=O) groups is 1. The fourth-order valence-corrected chi connectivity index (χ4v) is 2.39. The van der Waals surface area contributed by atoms with E-state index in [0.717, 1.165) is 10.9 Å². The van der Waals surface area contributed by atoms with E-state index in [4.69, 9.17) is 0 Å². The Morgan fingerprint density at radius 2 is 1.80 bits per heavy atom. The van der Waals surface area contributed by atoms with Gasteiger partial charge in [-0.15, -0.1) is 0 Å². The van der Waals surface area contributed by atoms with Crippen LogP contribution in [0.4, 0.5) is 18.9 Å². The van der Waals surface area contributed by atoms with Crippen LogP contribution in [0.25, 0.3) is 5.69 Å². The number of para-hydroxylation sites is 1. The Hall–Kier alpha value is -3.16. The van der Waals surface area contributed by atoms with Gasteiger partial charge in [-0.25, -0.2) is 4.68 Å². The van der Waals surface area contributed by atoms with E-state index in [-0.39, 0.29) is 5.56 Å². The van der Waals surface area contributed by atoms with Crippen LogP contribution in [0, 0.1) is 6.92 Å². The van der Waals surface area contributed by atoms with Gasteiger partial charge < -0.3 is 5.32 Å². The number of nitrogens with one attached hydrogen (secondary N) is 1. The first-order valence-corrected chi connectivity index (χ1v) is 7.30. The lowest BCUT2D eigenvalue weighted by molar-refractivity contribution is -0.142. The molecule has 0 aliphatic heterocycles. The molecule has 2 heterocycles. The first-order chi connectivity index (χ1) is 11.9. The molecule has 0 saturated heterocycles. The minimum absolute atomic E-state index is 0.201. The molecule has 0 radical (unpaired) electrons. The average molecular weight is 346 g/mol. The van der Waals surface area contributed by atoms with Crippen molar-refractivity contribution in [3.63, 3.8) is 0 Å². The van der Waals surface area contributed by atoms with Gasteiger partial charge in [-0.05, 0) is 30.7 Å². The SMILES string of the molecule is Cc1ccccc1-n1ncc(NC(=O)c2ccncc2)c1C(F)(F)F. The second-order valence-corrected chi connectivity index (χ2v) is 5.29. The highest BCUT2D eigenvalue weighted by molar-refractivity contribution is 6.04. The highest BCUT2D eigenvalue weighted by Crippen LogP contribution is 2.36. The number of aryl methyl sites for hydroxylation is 1. The predicted octanol–water partition coefficient (Wildman–Crippen LogP) is 3.85. The van der Waals surface area contributed by atoms with E-state index in [2.05, 4.69) is 15.4 Å². The Morgan fingerprint density at radius 3 is 2.44 bits per heavy atom. The Bertz CT molecular complexity index is 904. The summed E-state index contributed by atoms with van der Waals surface area (Å²) in [6.07, 6.45) is -0.930. The van der Waals surface area contributed by atoms with Crippen LogP contribution in [-0.4, -0.2) is 20.7 Å². The minimum Gasteiger partial charge on any atom is -0.319 e. The zero-order valence-electron chi connectivity index (χ0n) is 13.1. The zero-order chi connectivity index (χ0) is 18.0. The lowest BCUT2D eigenvalue weighted by Gasteiger charge is -2.14. The molecule has 5 nitrogen and oxygen atoms in total. The van der Waals surface area contributed by atoms with Crippen molar-refractivity contribution in [3.8, 4) is 5.69 Å². The maximum Gasteiger partial charge on any atom is 0.435 e. The third-order valence-corrected chi connectivity index (χ3v) is 3.57. The van der Waals surface area contributed by atoms with Crippen LogP contribution in [0.5, 0.6) is 0 Å². The number of halogens is 3. The van der Waals surface area contributed by atoms with Crippen LogP contribution in [0.1, 0.15) is 21.6 Å². The first kappa shape index (κ1) is 16.7. The lowest BCUT2D eigenvalue weighted by Crippen LogP contribution is -2.19. The fraction of sp³-hybridized carbons (Fsp3) is 0.118. The monoisotopic (exact) mass is 346 g/mol. The molecule has 1 amide bonds. The third-order valence-electron chi connectivity index (χ3n) is 3.57. The van der Waals surface area contributed by atoms with Crippen molar-refractivity contribution >= 4 is 11.6 Å². The Morgan fingerprint density at radius 1 is 1.12 bits per heavy atom. The number of hydrogen-bond donors (Lipinski definition) is 1. The van der Waals surface area contributed by atoms with E-state index in [1.54, 1.807) is 25.1 Å². The molecule has 0 bridgehead atoms. The maximum absolute atomic E-state index is 13.6. The lowest BCUT2D eigenvalue weighted by atomic mass is 10.2. The Balaban J connectivity index is 2.04. The van der Waals surface area contributed by atoms with Gasteiger partial charge in [0, 0.05) is 18.0 Å². The number of nitrogens with zero attached hydrogens (tertiary/aromatic N) is 3. The summed E-state index contributed by atoms with van der Waals surface area (Å²) in [5.74, 6) is -0.669. The molecule has 0 aliphatic rings. The van der Waals surface area contributed by atoms with Crippen molar-refractivity contribution in [2.45, 2.75) is 13.1 Å². The number of anilines is 1. The van der Waals surface area contributed by atoms with Crippen molar-refractivity contribution in [3.05, 3.63) is 71.8 Å². The molecular formula is C17H13F3N4O. The number of aromatic nitrogens is 3. The maximum atomic E-state index is 13.6. The number of benzene rings is 1. The molecule has 0 unspecified atom stereocenters. The van der Waals surface area contributed by atoms with Crippen LogP contribution in [-0.2, 0) is 6.18 Å². The van der Waals surface area contributed by atoms with E-state index in [9.17, 15) is 18.0 Å². The number of rotatable bonds is 3. The van der Waals surface area contributed by atoms with Gasteiger partial charge in [0.05, 0.1) is 17.6 Å². The quantitative estimate of drug-likeness (QED) is 0.784. The van der Waals surface area contributed by atoms with Crippen LogP contribution in [0.3, 0.4) is 0 Å². The van der Waals surface area contributed by atoms with Gasteiger partial charge >= 0.3 is 6.18 Å². The number of amides is 1. The summed E-state index contributed by atoms with van der Waals surface area (Å²) in [7, 11) is 0. The molecule has 1 N–H and O–H groups in total. The predicted molar refractivity (Wildman–Crippen MR) is 85.5 cm³/mol. The van der Waals surface area contributed by atoms with Gasteiger partial charge in [-0.3, -0.25) is 9.78 Å². The summed E-state index contributed by atoms with van der Waals surface area (Å²) < 4.78 is 41.6. The van der Waals surface area contributed by atoms with Crippen LogP contribution in [0.2, 0.25) is 0 Å². The molecule has 1 aromatic carbocycles. The molecule has 3 rings (SSSR count). The van der Waals surface area contributed by atoms with Gasteiger partial charge in [0.15, 0.2) is 5.69 Å². The molecule has 0 atom stereocenters. The minimum atomic E-state index is -4.69. The van der Waals surface area contributed by atoms with Gasteiger partial charge in [-0.1, -0.05) is 18.2 Å². The molecule has 0 fully saturated rings. The molecule has 0 aliphatic carbocycles. The van der Waals surface area contributed by atoms with E-state index >= 15 is 0 Å². The molecule has 128 valence electrons. The number of carbonyl (C=O) groups excluding carboxylic acids is 1. The van der Waals surface area contributed by atoms with E-state index in [1.165, 1.54) is 30.6 Å². The molecule has 0 saturated carbocycles. The fourth-order valence-electron chi connectivity index (χ4n) is 2.39. The normalized spacial score (nSPS) is 11.4. The van der Waals surface area contributed by atoms with Crippen LogP contribution in [0.15, 0.2) is 55.0 Å². The van der Waals surface area contributed by atoms with Crippen molar-refractivity contribution < 1.29 is 18.0 Å². The van der Waals surface area contributed by atoms with E-state index in [1.807, 2.05) is 0 Å². The third kappa shape index (κ3) is 3.37. The number of hydrogen-bond acceptors (Lipinski definition) is 3. The summed E-state index contributed by atoms with van der Waals surface area (Å²) in [4.78, 5) is 15.9. The molecule has 3 aromatic rings. The summed E-state index contributed by atoms with van der Waals surface area (Å²) in [6, 6.07) is 9.39. The molecule has 2 aromatic heterocycles. The van der Waals surface area contributed by atoms with Crippen LogP contribution < -0.4 is 5.32 Å². The Labute approximate surface area is 141 Å². The second-order valence-electron chi connectivity index (χ2n) is 5.29. The highest BCUT2D eigenvalue weighted by Gasteiger charge is 2.39. The van der Waals surface area contributed by atoms with Crippen molar-refractivity contribution in [1.29, 1.82) is 0 Å². The van der Waals surface area contributed by atoms with Gasteiger partial charge in [0.1, 0.15) is 0 Å². The van der Waals surface area contributed by atoms with Gasteiger partial charge in [0.2, 0.25) is 0 Å².